The lowest BCUT2D eigenvalue weighted by molar-refractivity contribution is 0.718. The first kappa shape index (κ1) is 13.1. The zero-order valence-electron chi connectivity index (χ0n) is 10.9. The van der Waals surface area contributed by atoms with E-state index in [1.807, 2.05) is 14.0 Å². The Balaban J connectivity index is 2.21. The molecular formula is C14H18ClN3. The number of nitrogens with zero attached hydrogens (tertiary/aromatic N) is 2. The Hall–Kier alpha value is -1.32. The number of aromatic nitrogens is 2. The molecule has 0 bridgehead atoms. The molecule has 0 aliphatic heterocycles. The summed E-state index contributed by atoms with van der Waals surface area (Å²) in [7, 11) is 1.84. The summed E-state index contributed by atoms with van der Waals surface area (Å²) in [6.45, 7) is 4.03. The van der Waals surface area contributed by atoms with E-state index in [-0.39, 0.29) is 6.04 Å². The molecule has 0 aliphatic rings. The van der Waals surface area contributed by atoms with Crippen LogP contribution in [0.3, 0.4) is 0 Å². The van der Waals surface area contributed by atoms with Crippen molar-refractivity contribution in [2.75, 3.05) is 0 Å². The van der Waals surface area contributed by atoms with Crippen LogP contribution in [0.25, 0.3) is 0 Å². The predicted octanol–water partition coefficient (Wildman–Crippen LogP) is 2.93. The Morgan fingerprint density at radius 2 is 1.89 bits per heavy atom. The van der Waals surface area contributed by atoms with Crippen molar-refractivity contribution in [3.05, 3.63) is 51.8 Å². The highest BCUT2D eigenvalue weighted by atomic mass is 35.5. The lowest BCUT2D eigenvalue weighted by Gasteiger charge is -2.12. The van der Waals surface area contributed by atoms with Crippen molar-refractivity contribution in [3.63, 3.8) is 0 Å². The monoisotopic (exact) mass is 263 g/mol. The van der Waals surface area contributed by atoms with Gasteiger partial charge in [-0.15, -0.1) is 0 Å². The number of nitrogens with two attached hydrogens (primary N) is 1. The second-order valence-electron chi connectivity index (χ2n) is 4.70. The molecule has 3 nitrogen and oxygen atoms in total. The highest BCUT2D eigenvalue weighted by Crippen LogP contribution is 2.24. The number of halogens is 1. The van der Waals surface area contributed by atoms with E-state index < -0.39 is 0 Å². The molecule has 0 saturated carbocycles. The molecule has 0 spiro atoms. The molecule has 96 valence electrons. The summed E-state index contributed by atoms with van der Waals surface area (Å²) in [6.07, 6.45) is 0.710. The van der Waals surface area contributed by atoms with Crippen molar-refractivity contribution in [2.24, 2.45) is 12.8 Å². The van der Waals surface area contributed by atoms with E-state index in [4.69, 9.17) is 17.3 Å². The van der Waals surface area contributed by atoms with Gasteiger partial charge in [-0.1, -0.05) is 41.4 Å². The van der Waals surface area contributed by atoms with Crippen LogP contribution >= 0.6 is 11.6 Å². The highest BCUT2D eigenvalue weighted by Gasteiger charge is 2.15. The van der Waals surface area contributed by atoms with Crippen LogP contribution in [0.4, 0.5) is 0 Å². The first-order chi connectivity index (χ1) is 8.49. The summed E-state index contributed by atoms with van der Waals surface area (Å²) >= 11 is 6.22. The lowest BCUT2D eigenvalue weighted by Crippen LogP contribution is -2.13. The van der Waals surface area contributed by atoms with Gasteiger partial charge in [0, 0.05) is 18.7 Å². The third-order valence-electron chi connectivity index (χ3n) is 3.20. The molecule has 0 amide bonds. The second-order valence-corrected chi connectivity index (χ2v) is 5.06. The van der Waals surface area contributed by atoms with E-state index >= 15 is 0 Å². The van der Waals surface area contributed by atoms with Gasteiger partial charge in [0.25, 0.3) is 0 Å². The molecule has 0 aliphatic carbocycles. The quantitative estimate of drug-likeness (QED) is 0.925. The van der Waals surface area contributed by atoms with Gasteiger partial charge in [0.05, 0.1) is 5.69 Å². The fraction of sp³-hybridized carbons (Fsp3) is 0.357. The van der Waals surface area contributed by atoms with Crippen LogP contribution in [-0.2, 0) is 13.5 Å². The standard InChI is InChI=1S/C14H18ClN3/c1-9-4-6-11(7-5-9)13(16)8-12-10(2)17-18(3)14(12)15/h4-7,13H,8,16H2,1-3H3. The first-order valence-electron chi connectivity index (χ1n) is 5.99. The molecule has 1 atom stereocenters. The number of hydrogen-bond acceptors (Lipinski definition) is 2. The fourth-order valence-electron chi connectivity index (χ4n) is 2.06. The van der Waals surface area contributed by atoms with Gasteiger partial charge in [0.2, 0.25) is 0 Å². The highest BCUT2D eigenvalue weighted by molar-refractivity contribution is 6.30. The Morgan fingerprint density at radius 1 is 1.28 bits per heavy atom. The molecule has 2 rings (SSSR count). The minimum absolute atomic E-state index is 0.0500. The van der Waals surface area contributed by atoms with Crippen LogP contribution in [-0.4, -0.2) is 9.78 Å². The van der Waals surface area contributed by atoms with Gasteiger partial charge < -0.3 is 5.73 Å². The van der Waals surface area contributed by atoms with Crippen molar-refractivity contribution in [1.29, 1.82) is 0 Å². The lowest BCUT2D eigenvalue weighted by atomic mass is 9.99. The van der Waals surface area contributed by atoms with E-state index in [0.717, 1.165) is 16.8 Å². The molecule has 1 aromatic carbocycles. The Kier molecular flexibility index (Phi) is 3.73. The van der Waals surface area contributed by atoms with Crippen molar-refractivity contribution >= 4 is 11.6 Å². The van der Waals surface area contributed by atoms with Crippen LogP contribution in [0, 0.1) is 13.8 Å². The Labute approximate surface area is 113 Å². The number of aryl methyl sites for hydroxylation is 3. The maximum atomic E-state index is 6.23. The van der Waals surface area contributed by atoms with Crippen molar-refractivity contribution in [3.8, 4) is 0 Å². The van der Waals surface area contributed by atoms with Crippen molar-refractivity contribution < 1.29 is 0 Å². The van der Waals surface area contributed by atoms with Gasteiger partial charge in [-0.05, 0) is 25.8 Å². The van der Waals surface area contributed by atoms with E-state index in [1.165, 1.54) is 5.56 Å². The van der Waals surface area contributed by atoms with Crippen molar-refractivity contribution in [1.82, 2.24) is 9.78 Å². The average molecular weight is 264 g/mol. The van der Waals surface area contributed by atoms with E-state index in [9.17, 15) is 0 Å². The molecule has 4 heteroatoms. The van der Waals surface area contributed by atoms with Gasteiger partial charge in [0.15, 0.2) is 0 Å². The second kappa shape index (κ2) is 5.12. The third-order valence-corrected chi connectivity index (χ3v) is 3.67. The van der Waals surface area contributed by atoms with Crippen LogP contribution < -0.4 is 5.73 Å². The topological polar surface area (TPSA) is 43.8 Å². The molecule has 1 unspecified atom stereocenters. The molecule has 18 heavy (non-hydrogen) atoms. The molecule has 1 heterocycles. The Bertz CT molecular complexity index is 543. The van der Waals surface area contributed by atoms with Gasteiger partial charge in [-0.2, -0.15) is 5.10 Å². The fourth-order valence-corrected chi connectivity index (χ4v) is 2.31. The molecule has 2 aromatic rings. The first-order valence-corrected chi connectivity index (χ1v) is 6.37. The minimum Gasteiger partial charge on any atom is -0.324 e. The average Bonchev–Trinajstić information content (AvgIpc) is 2.57. The minimum atomic E-state index is -0.0500. The largest absolute Gasteiger partial charge is 0.324 e. The van der Waals surface area contributed by atoms with Gasteiger partial charge >= 0.3 is 0 Å². The zero-order valence-corrected chi connectivity index (χ0v) is 11.7. The van der Waals surface area contributed by atoms with Crippen molar-refractivity contribution in [2.45, 2.75) is 26.3 Å². The summed E-state index contributed by atoms with van der Waals surface area (Å²) in [5.74, 6) is 0. The number of benzene rings is 1. The van der Waals surface area contributed by atoms with Gasteiger partial charge in [0.1, 0.15) is 5.15 Å². The van der Waals surface area contributed by atoms with Crippen LogP contribution in [0.5, 0.6) is 0 Å². The van der Waals surface area contributed by atoms with E-state index in [0.29, 0.717) is 11.6 Å². The Morgan fingerprint density at radius 3 is 2.39 bits per heavy atom. The van der Waals surface area contributed by atoms with E-state index in [1.54, 1.807) is 4.68 Å². The van der Waals surface area contributed by atoms with Gasteiger partial charge in [-0.3, -0.25) is 4.68 Å². The van der Waals surface area contributed by atoms with Crippen LogP contribution in [0.2, 0.25) is 5.15 Å². The summed E-state index contributed by atoms with van der Waals surface area (Å²) in [5, 5.41) is 4.98. The molecular weight excluding hydrogens is 246 g/mol. The molecule has 0 radical (unpaired) electrons. The zero-order chi connectivity index (χ0) is 13.3. The number of hydrogen-bond donors (Lipinski definition) is 1. The summed E-state index contributed by atoms with van der Waals surface area (Å²) in [4.78, 5) is 0. The summed E-state index contributed by atoms with van der Waals surface area (Å²) < 4.78 is 1.69. The van der Waals surface area contributed by atoms with Gasteiger partial charge in [-0.25, -0.2) is 0 Å². The normalized spacial score (nSPS) is 12.7. The number of rotatable bonds is 3. The summed E-state index contributed by atoms with van der Waals surface area (Å²) in [5.41, 5.74) is 10.6. The summed E-state index contributed by atoms with van der Waals surface area (Å²) in [6, 6.07) is 8.24. The van der Waals surface area contributed by atoms with Crippen LogP contribution in [0.15, 0.2) is 24.3 Å². The van der Waals surface area contributed by atoms with Crippen LogP contribution in [0.1, 0.15) is 28.4 Å². The molecule has 2 N–H and O–H groups in total. The SMILES string of the molecule is Cc1ccc(C(N)Cc2c(C)nn(C)c2Cl)cc1. The smallest absolute Gasteiger partial charge is 0.130 e. The maximum Gasteiger partial charge on any atom is 0.130 e. The molecule has 0 fully saturated rings. The maximum absolute atomic E-state index is 6.23. The molecule has 1 aromatic heterocycles. The predicted molar refractivity (Wildman–Crippen MR) is 74.8 cm³/mol. The van der Waals surface area contributed by atoms with E-state index in [2.05, 4.69) is 36.3 Å². The molecule has 0 saturated heterocycles. The third kappa shape index (κ3) is 2.57.